The first kappa shape index (κ1) is 20.7. The first-order valence-electron chi connectivity index (χ1n) is 10.2. The standard InChI is InChI=1S/C24H26N4O3/c1-27(15-17-5-3-6-20(11-17)31-2)24(30)22-16-28(9-4-10-29)23-12-18(7-8-21(22)23)19-13-25-26-14-19/h3,5-8,11-14,16,29H,4,9-10,15H2,1-2H3,(H,25,26). The molecular weight excluding hydrogens is 392 g/mol. The summed E-state index contributed by atoms with van der Waals surface area (Å²) in [4.78, 5) is 15.0. The van der Waals surface area contributed by atoms with Crippen LogP contribution in [-0.2, 0) is 13.1 Å². The predicted molar refractivity (Wildman–Crippen MR) is 120 cm³/mol. The lowest BCUT2D eigenvalue weighted by atomic mass is 10.1. The van der Waals surface area contributed by atoms with Crippen molar-refractivity contribution < 1.29 is 14.6 Å². The van der Waals surface area contributed by atoms with E-state index in [1.807, 2.05) is 53.4 Å². The second kappa shape index (κ2) is 9.06. The van der Waals surface area contributed by atoms with E-state index < -0.39 is 0 Å². The summed E-state index contributed by atoms with van der Waals surface area (Å²) in [5.74, 6) is 0.720. The second-order valence-corrected chi connectivity index (χ2v) is 7.54. The van der Waals surface area contributed by atoms with Crippen LogP contribution in [0.4, 0.5) is 0 Å². The number of hydrogen-bond donors (Lipinski definition) is 2. The van der Waals surface area contributed by atoms with E-state index in [1.54, 1.807) is 25.3 Å². The Hall–Kier alpha value is -3.58. The van der Waals surface area contributed by atoms with Gasteiger partial charge in [0.1, 0.15) is 5.75 Å². The van der Waals surface area contributed by atoms with Gasteiger partial charge in [-0.15, -0.1) is 0 Å². The van der Waals surface area contributed by atoms with Crippen molar-refractivity contribution in [2.45, 2.75) is 19.5 Å². The summed E-state index contributed by atoms with van der Waals surface area (Å²) in [5.41, 5.74) is 4.62. The number of fused-ring (bicyclic) bond motifs is 1. The zero-order valence-corrected chi connectivity index (χ0v) is 17.7. The minimum atomic E-state index is -0.0494. The summed E-state index contributed by atoms with van der Waals surface area (Å²) in [6, 6.07) is 13.8. The third kappa shape index (κ3) is 4.32. The molecule has 31 heavy (non-hydrogen) atoms. The highest BCUT2D eigenvalue weighted by molar-refractivity contribution is 6.07. The van der Waals surface area contributed by atoms with Gasteiger partial charge in [-0.3, -0.25) is 9.89 Å². The van der Waals surface area contributed by atoms with Gasteiger partial charge in [0.15, 0.2) is 0 Å². The smallest absolute Gasteiger partial charge is 0.256 e. The number of nitrogens with zero attached hydrogens (tertiary/aromatic N) is 3. The number of carbonyl (C=O) groups excluding carboxylic acids is 1. The molecule has 0 unspecified atom stereocenters. The zero-order chi connectivity index (χ0) is 21.8. The summed E-state index contributed by atoms with van der Waals surface area (Å²) in [7, 11) is 3.44. The van der Waals surface area contributed by atoms with E-state index in [9.17, 15) is 9.90 Å². The molecule has 1 amide bonds. The monoisotopic (exact) mass is 418 g/mol. The number of ether oxygens (including phenoxy) is 1. The van der Waals surface area contributed by atoms with Gasteiger partial charge in [0.25, 0.3) is 5.91 Å². The van der Waals surface area contributed by atoms with E-state index in [4.69, 9.17) is 4.74 Å². The highest BCUT2D eigenvalue weighted by atomic mass is 16.5. The zero-order valence-electron chi connectivity index (χ0n) is 17.7. The fraction of sp³-hybridized carbons (Fsp3) is 0.250. The van der Waals surface area contributed by atoms with E-state index in [1.165, 1.54) is 0 Å². The SMILES string of the molecule is COc1cccc(CN(C)C(=O)c2cn(CCCO)c3cc(-c4cn[nH]c4)ccc23)c1. The van der Waals surface area contributed by atoms with Crippen LogP contribution in [0.3, 0.4) is 0 Å². The van der Waals surface area contributed by atoms with Crippen LogP contribution in [0.2, 0.25) is 0 Å². The summed E-state index contributed by atoms with van der Waals surface area (Å²) in [6.45, 7) is 1.21. The van der Waals surface area contributed by atoms with Gasteiger partial charge >= 0.3 is 0 Å². The molecule has 0 fully saturated rings. The molecule has 0 aliphatic rings. The number of aryl methyl sites for hydroxylation is 1. The van der Waals surface area contributed by atoms with Crippen LogP contribution in [0.15, 0.2) is 61.1 Å². The highest BCUT2D eigenvalue weighted by Gasteiger charge is 2.19. The Morgan fingerprint density at radius 1 is 1.23 bits per heavy atom. The van der Waals surface area contributed by atoms with Crippen LogP contribution in [0.25, 0.3) is 22.0 Å². The fourth-order valence-electron chi connectivity index (χ4n) is 3.80. The maximum absolute atomic E-state index is 13.3. The largest absolute Gasteiger partial charge is 0.497 e. The Kier molecular flexibility index (Phi) is 6.04. The molecule has 7 nitrogen and oxygen atoms in total. The average Bonchev–Trinajstić information content (AvgIpc) is 3.45. The lowest BCUT2D eigenvalue weighted by molar-refractivity contribution is 0.0786. The van der Waals surface area contributed by atoms with E-state index in [0.29, 0.717) is 25.1 Å². The second-order valence-electron chi connectivity index (χ2n) is 7.54. The number of aliphatic hydroxyl groups is 1. The predicted octanol–water partition coefficient (Wildman–Crippen LogP) is 3.69. The lowest BCUT2D eigenvalue weighted by Crippen LogP contribution is -2.26. The summed E-state index contributed by atoms with van der Waals surface area (Å²) >= 11 is 0. The Balaban J connectivity index is 1.67. The van der Waals surface area contributed by atoms with Gasteiger partial charge in [0.2, 0.25) is 0 Å². The minimum Gasteiger partial charge on any atom is -0.497 e. The molecule has 0 radical (unpaired) electrons. The summed E-state index contributed by atoms with van der Waals surface area (Å²) in [5, 5.41) is 17.1. The number of aromatic amines is 1. The first-order chi connectivity index (χ1) is 15.1. The maximum Gasteiger partial charge on any atom is 0.256 e. The molecule has 2 aromatic heterocycles. The van der Waals surface area contributed by atoms with Gasteiger partial charge in [-0.1, -0.05) is 24.3 Å². The molecule has 4 rings (SSSR count). The molecule has 0 spiro atoms. The van der Waals surface area contributed by atoms with Gasteiger partial charge < -0.3 is 19.3 Å². The van der Waals surface area contributed by atoms with Crippen LogP contribution < -0.4 is 4.74 Å². The molecule has 0 atom stereocenters. The van der Waals surface area contributed by atoms with Crippen molar-refractivity contribution in [3.8, 4) is 16.9 Å². The van der Waals surface area contributed by atoms with Gasteiger partial charge in [-0.25, -0.2) is 0 Å². The molecule has 0 aliphatic heterocycles. The number of rotatable bonds is 8. The number of aromatic nitrogens is 3. The van der Waals surface area contributed by atoms with E-state index >= 15 is 0 Å². The lowest BCUT2D eigenvalue weighted by Gasteiger charge is -2.17. The molecule has 2 heterocycles. The highest BCUT2D eigenvalue weighted by Crippen LogP contribution is 2.29. The van der Waals surface area contributed by atoms with Crippen molar-refractivity contribution in [3.63, 3.8) is 0 Å². The fourth-order valence-corrected chi connectivity index (χ4v) is 3.80. The Bertz CT molecular complexity index is 1180. The number of methoxy groups -OCH3 is 1. The molecule has 160 valence electrons. The Labute approximate surface area is 180 Å². The van der Waals surface area contributed by atoms with Crippen molar-refractivity contribution in [2.24, 2.45) is 0 Å². The minimum absolute atomic E-state index is 0.0494. The van der Waals surface area contributed by atoms with Crippen LogP contribution in [0, 0.1) is 0 Å². The number of carbonyl (C=O) groups is 1. The van der Waals surface area contributed by atoms with Crippen LogP contribution in [0.5, 0.6) is 5.75 Å². The van der Waals surface area contributed by atoms with E-state index in [2.05, 4.69) is 16.3 Å². The van der Waals surface area contributed by atoms with Crippen molar-refractivity contribution in [1.82, 2.24) is 19.7 Å². The molecule has 4 aromatic rings. The third-order valence-corrected chi connectivity index (χ3v) is 5.40. The molecule has 2 aromatic carbocycles. The van der Waals surface area contributed by atoms with Gasteiger partial charge in [0.05, 0.1) is 18.9 Å². The molecule has 0 saturated heterocycles. The van der Waals surface area contributed by atoms with E-state index in [-0.39, 0.29) is 12.5 Å². The number of benzene rings is 2. The van der Waals surface area contributed by atoms with E-state index in [0.717, 1.165) is 33.3 Å². The van der Waals surface area contributed by atoms with Gasteiger partial charge in [-0.2, -0.15) is 5.10 Å². The van der Waals surface area contributed by atoms with Gasteiger partial charge in [-0.05, 0) is 35.7 Å². The van der Waals surface area contributed by atoms with Crippen molar-refractivity contribution in [2.75, 3.05) is 20.8 Å². The van der Waals surface area contributed by atoms with Crippen LogP contribution >= 0.6 is 0 Å². The third-order valence-electron chi connectivity index (χ3n) is 5.40. The molecule has 2 N–H and O–H groups in total. The van der Waals surface area contributed by atoms with Crippen molar-refractivity contribution >= 4 is 16.8 Å². The summed E-state index contributed by atoms with van der Waals surface area (Å²) < 4.78 is 7.33. The number of amides is 1. The van der Waals surface area contributed by atoms with Gasteiger partial charge in [0, 0.05) is 55.6 Å². The molecular formula is C24H26N4O3. The number of hydrogen-bond acceptors (Lipinski definition) is 4. The maximum atomic E-state index is 13.3. The molecule has 0 aliphatic carbocycles. The topological polar surface area (TPSA) is 83.4 Å². The first-order valence-corrected chi connectivity index (χ1v) is 10.2. The quantitative estimate of drug-likeness (QED) is 0.457. The molecule has 7 heteroatoms. The number of aliphatic hydroxyl groups excluding tert-OH is 1. The Morgan fingerprint density at radius 2 is 2.10 bits per heavy atom. The molecule has 0 bridgehead atoms. The average molecular weight is 418 g/mol. The molecule has 0 saturated carbocycles. The number of nitrogens with one attached hydrogen (secondary N) is 1. The Morgan fingerprint density at radius 3 is 2.84 bits per heavy atom. The summed E-state index contributed by atoms with van der Waals surface area (Å²) in [6.07, 6.45) is 6.13. The van der Waals surface area contributed by atoms with Crippen molar-refractivity contribution in [1.29, 1.82) is 0 Å². The van der Waals surface area contributed by atoms with Crippen molar-refractivity contribution in [3.05, 3.63) is 72.2 Å². The normalized spacial score (nSPS) is 11.1. The van der Waals surface area contributed by atoms with Crippen LogP contribution in [0.1, 0.15) is 22.3 Å². The van der Waals surface area contributed by atoms with Crippen LogP contribution in [-0.4, -0.2) is 51.4 Å². The number of H-pyrrole nitrogens is 1.